The Morgan fingerprint density at radius 2 is 2.36 bits per heavy atom. The molecule has 1 aromatic rings. The lowest BCUT2D eigenvalue weighted by atomic mass is 10.2. The first-order valence-corrected chi connectivity index (χ1v) is 4.52. The maximum atomic E-state index is 11.4. The molecule has 0 fully saturated rings. The van der Waals surface area contributed by atoms with Crippen LogP contribution in [0.3, 0.4) is 0 Å². The van der Waals surface area contributed by atoms with Crippen LogP contribution in [-0.2, 0) is 5.11 Å². The van der Waals surface area contributed by atoms with Gasteiger partial charge in [-0.25, -0.2) is 0 Å². The van der Waals surface area contributed by atoms with E-state index < -0.39 is 5.88 Å². The normalized spacial score (nSPS) is 9.79. The van der Waals surface area contributed by atoms with Gasteiger partial charge in [-0.2, -0.15) is 5.10 Å². The van der Waals surface area contributed by atoms with Crippen LogP contribution in [0, 0.1) is 0 Å². The molecule has 0 bridgehead atoms. The Morgan fingerprint density at radius 1 is 1.57 bits per heavy atom. The molecule has 75 valence electrons. The molecule has 0 unspecified atom stereocenters. The fraction of sp³-hybridized carbons (Fsp3) is 0.444. The third-order valence-electron chi connectivity index (χ3n) is 1.75. The van der Waals surface area contributed by atoms with E-state index in [-0.39, 0.29) is 11.5 Å². The van der Waals surface area contributed by atoms with E-state index in [1.165, 1.54) is 12.3 Å². The summed E-state index contributed by atoms with van der Waals surface area (Å²) in [5.41, 5.74) is 0.0519. The van der Waals surface area contributed by atoms with Gasteiger partial charge in [0.2, 0.25) is 0 Å². The summed E-state index contributed by atoms with van der Waals surface area (Å²) in [6, 6.07) is 1.37. The maximum absolute atomic E-state index is 11.4. The van der Waals surface area contributed by atoms with Crippen molar-refractivity contribution in [1.82, 2.24) is 15.5 Å². The number of hydrogen-bond donors (Lipinski definition) is 1. The molecule has 0 aliphatic rings. The second-order valence-electron chi connectivity index (χ2n) is 2.86. The van der Waals surface area contributed by atoms with Gasteiger partial charge in [-0.15, -0.1) is 5.10 Å². The first-order valence-electron chi connectivity index (χ1n) is 4.52. The summed E-state index contributed by atoms with van der Waals surface area (Å²) in [6.07, 6.45) is 3.23. The van der Waals surface area contributed by atoms with Crippen LogP contribution in [0.15, 0.2) is 12.3 Å². The molecule has 14 heavy (non-hydrogen) atoms. The molecule has 0 saturated heterocycles. The van der Waals surface area contributed by atoms with E-state index in [0.717, 1.165) is 12.8 Å². The standard InChI is InChI=1S/C9H12N3O2/c1-2-3-5-10-8(13)7-4-6-11-12-9(7)14/h4,6H,2-3,5H2,1H3,(H,10,13). The highest BCUT2D eigenvalue weighted by molar-refractivity contribution is 5.95. The molecular formula is C9H12N3O2. The first kappa shape index (κ1) is 10.4. The van der Waals surface area contributed by atoms with E-state index in [1.54, 1.807) is 0 Å². The highest BCUT2D eigenvalue weighted by atomic mass is 16.3. The average Bonchev–Trinajstić information content (AvgIpc) is 2.18. The highest BCUT2D eigenvalue weighted by Crippen LogP contribution is 2.10. The lowest BCUT2D eigenvalue weighted by molar-refractivity contribution is 0.0947. The molecule has 1 heterocycles. The van der Waals surface area contributed by atoms with Crippen molar-refractivity contribution in [1.29, 1.82) is 0 Å². The minimum atomic E-state index is -0.582. The number of hydrogen-bond acceptors (Lipinski definition) is 3. The summed E-state index contributed by atoms with van der Waals surface area (Å²) >= 11 is 0. The molecule has 0 spiro atoms. The Hall–Kier alpha value is -1.65. The summed E-state index contributed by atoms with van der Waals surface area (Å²) in [7, 11) is 0. The molecule has 1 aromatic heterocycles. The second kappa shape index (κ2) is 5.16. The van der Waals surface area contributed by atoms with Gasteiger partial charge in [-0.1, -0.05) is 13.3 Å². The molecule has 0 aromatic carbocycles. The summed E-state index contributed by atoms with van der Waals surface area (Å²) in [4.78, 5) is 11.4. The van der Waals surface area contributed by atoms with Crippen LogP contribution >= 0.6 is 0 Å². The summed E-state index contributed by atoms with van der Waals surface area (Å²) in [5.74, 6) is -0.958. The molecule has 0 aliphatic carbocycles. The minimum Gasteiger partial charge on any atom is -0.352 e. The zero-order valence-corrected chi connectivity index (χ0v) is 7.99. The van der Waals surface area contributed by atoms with Crippen LogP contribution in [0.5, 0.6) is 5.88 Å². The smallest absolute Gasteiger partial charge is 0.301 e. The molecule has 1 radical (unpaired) electrons. The van der Waals surface area contributed by atoms with Gasteiger partial charge in [0, 0.05) is 6.54 Å². The number of carbonyl (C=O) groups is 1. The van der Waals surface area contributed by atoms with Crippen molar-refractivity contribution >= 4 is 5.91 Å². The second-order valence-corrected chi connectivity index (χ2v) is 2.86. The SMILES string of the molecule is CCCCNC(=O)c1ccnnc1[O]. The molecular weight excluding hydrogens is 182 g/mol. The summed E-state index contributed by atoms with van der Waals surface area (Å²) in [5, 5.41) is 20.3. The molecule has 1 amide bonds. The largest absolute Gasteiger partial charge is 0.352 e. The Balaban J connectivity index is 2.56. The topological polar surface area (TPSA) is 74.8 Å². The Labute approximate surface area is 82.2 Å². The third-order valence-corrected chi connectivity index (χ3v) is 1.75. The number of carbonyl (C=O) groups excluding carboxylic acids is 1. The third kappa shape index (κ3) is 2.69. The molecule has 1 rings (SSSR count). The zero-order chi connectivity index (χ0) is 10.4. The number of nitrogens with one attached hydrogen (secondary N) is 1. The lowest BCUT2D eigenvalue weighted by Crippen LogP contribution is -2.24. The van der Waals surface area contributed by atoms with Gasteiger partial charge in [0.05, 0.1) is 6.20 Å². The van der Waals surface area contributed by atoms with E-state index >= 15 is 0 Å². The number of aromatic nitrogens is 2. The molecule has 0 saturated carbocycles. The monoisotopic (exact) mass is 194 g/mol. The van der Waals surface area contributed by atoms with Gasteiger partial charge in [0.25, 0.3) is 5.91 Å². The summed E-state index contributed by atoms with van der Waals surface area (Å²) in [6.45, 7) is 2.61. The lowest BCUT2D eigenvalue weighted by Gasteiger charge is -2.02. The van der Waals surface area contributed by atoms with Gasteiger partial charge in [-0.05, 0) is 12.5 Å². The molecule has 5 nitrogen and oxygen atoms in total. The molecule has 1 N–H and O–H groups in total. The van der Waals surface area contributed by atoms with E-state index in [1.807, 2.05) is 6.92 Å². The van der Waals surface area contributed by atoms with Crippen LogP contribution < -0.4 is 5.32 Å². The maximum Gasteiger partial charge on any atom is 0.301 e. The quantitative estimate of drug-likeness (QED) is 0.730. The Morgan fingerprint density at radius 3 is 3.00 bits per heavy atom. The first-order chi connectivity index (χ1) is 6.75. The van der Waals surface area contributed by atoms with Crippen LogP contribution in [0.25, 0.3) is 0 Å². The van der Waals surface area contributed by atoms with Crippen molar-refractivity contribution in [2.24, 2.45) is 0 Å². The fourth-order valence-corrected chi connectivity index (χ4v) is 0.966. The average molecular weight is 194 g/mol. The van der Waals surface area contributed by atoms with Crippen LogP contribution in [0.2, 0.25) is 0 Å². The highest BCUT2D eigenvalue weighted by Gasteiger charge is 2.12. The molecule has 0 atom stereocenters. The van der Waals surface area contributed by atoms with Gasteiger partial charge in [0.15, 0.2) is 0 Å². The van der Waals surface area contributed by atoms with Crippen LogP contribution in [0.4, 0.5) is 0 Å². The van der Waals surface area contributed by atoms with E-state index in [0.29, 0.717) is 6.54 Å². The van der Waals surface area contributed by atoms with Gasteiger partial charge in [-0.3, -0.25) is 9.90 Å². The number of nitrogens with zero attached hydrogens (tertiary/aromatic N) is 2. The van der Waals surface area contributed by atoms with Crippen molar-refractivity contribution in [3.8, 4) is 5.88 Å². The Bertz CT molecular complexity index is 315. The zero-order valence-electron chi connectivity index (χ0n) is 7.99. The number of unbranched alkanes of at least 4 members (excludes halogenated alkanes) is 1. The van der Waals surface area contributed by atoms with Crippen LogP contribution in [-0.4, -0.2) is 22.6 Å². The van der Waals surface area contributed by atoms with Crippen molar-refractivity contribution in [2.75, 3.05) is 6.54 Å². The predicted molar refractivity (Wildman–Crippen MR) is 49.4 cm³/mol. The van der Waals surface area contributed by atoms with Crippen LogP contribution in [0.1, 0.15) is 30.1 Å². The van der Waals surface area contributed by atoms with E-state index in [9.17, 15) is 9.90 Å². The van der Waals surface area contributed by atoms with Gasteiger partial charge < -0.3 is 5.32 Å². The van der Waals surface area contributed by atoms with Crippen molar-refractivity contribution in [3.05, 3.63) is 17.8 Å². The van der Waals surface area contributed by atoms with E-state index in [2.05, 4.69) is 15.5 Å². The van der Waals surface area contributed by atoms with Crippen molar-refractivity contribution in [2.45, 2.75) is 19.8 Å². The van der Waals surface area contributed by atoms with Crippen molar-refractivity contribution < 1.29 is 9.90 Å². The number of amides is 1. The summed E-state index contributed by atoms with van der Waals surface area (Å²) < 4.78 is 0. The predicted octanol–water partition coefficient (Wildman–Crippen LogP) is 1.15. The van der Waals surface area contributed by atoms with Gasteiger partial charge in [0.1, 0.15) is 5.56 Å². The number of rotatable bonds is 4. The minimum absolute atomic E-state index is 0.0519. The van der Waals surface area contributed by atoms with Gasteiger partial charge >= 0.3 is 5.88 Å². The molecule has 5 heteroatoms. The van der Waals surface area contributed by atoms with Crippen molar-refractivity contribution in [3.63, 3.8) is 0 Å². The Kier molecular flexibility index (Phi) is 3.84. The fourth-order valence-electron chi connectivity index (χ4n) is 0.966. The molecule has 0 aliphatic heterocycles. The van der Waals surface area contributed by atoms with E-state index in [4.69, 9.17) is 0 Å².